The van der Waals surface area contributed by atoms with Crippen molar-refractivity contribution in [2.75, 3.05) is 0 Å². The number of aryl methyl sites for hydroxylation is 1. The molecule has 0 fully saturated rings. The number of aromatic nitrogens is 1. The van der Waals surface area contributed by atoms with Gasteiger partial charge in [-0.15, -0.1) is 0 Å². The van der Waals surface area contributed by atoms with E-state index in [1.165, 1.54) is 0 Å². The van der Waals surface area contributed by atoms with E-state index in [4.69, 9.17) is 0 Å². The third-order valence-electron chi connectivity index (χ3n) is 1.54. The van der Waals surface area contributed by atoms with Crippen molar-refractivity contribution in [1.82, 2.24) is 4.98 Å². The van der Waals surface area contributed by atoms with Crippen LogP contribution in [0.5, 0.6) is 0 Å². The molecule has 0 aliphatic heterocycles. The fourth-order valence-corrected chi connectivity index (χ4v) is 0.939. The first-order valence-corrected chi connectivity index (χ1v) is 3.49. The second-order valence-corrected chi connectivity index (χ2v) is 2.36. The van der Waals surface area contributed by atoms with Crippen molar-refractivity contribution in [3.63, 3.8) is 0 Å². The van der Waals surface area contributed by atoms with Crippen molar-refractivity contribution in [3.05, 3.63) is 42.2 Å². The molecule has 0 aliphatic rings. The van der Waals surface area contributed by atoms with Gasteiger partial charge in [-0.25, -0.2) is 0 Å². The molecule has 0 N–H and O–H groups in total. The van der Waals surface area contributed by atoms with Crippen molar-refractivity contribution >= 4 is 12.2 Å². The van der Waals surface area contributed by atoms with Crippen LogP contribution in [0.25, 0.3) is 12.2 Å². The Morgan fingerprint density at radius 1 is 1.27 bits per heavy atom. The fraction of sp³-hybridized carbons (Fsp3) is 0.100. The number of nitrogens with zero attached hydrogens (tertiary/aromatic N) is 1. The molecule has 1 heteroatoms. The molecule has 1 nitrogen and oxygen atoms in total. The van der Waals surface area contributed by atoms with Crippen molar-refractivity contribution in [3.8, 4) is 0 Å². The zero-order valence-corrected chi connectivity index (χ0v) is 6.67. The Bertz CT molecular complexity index is 287. The standard InChI is InChI=1S/C10H11N/c1-4-9-6-8(3)11-7-10(9)5-2/h4-7H,1-2H2,3H3. The third-order valence-corrected chi connectivity index (χ3v) is 1.54. The molecule has 1 aromatic heterocycles. The first-order chi connectivity index (χ1) is 5.27. The lowest BCUT2D eigenvalue weighted by Crippen LogP contribution is -1.85. The van der Waals surface area contributed by atoms with Crippen LogP contribution in [0, 0.1) is 6.92 Å². The van der Waals surface area contributed by atoms with Gasteiger partial charge in [0.2, 0.25) is 0 Å². The predicted octanol–water partition coefficient (Wildman–Crippen LogP) is 2.68. The van der Waals surface area contributed by atoms with E-state index in [2.05, 4.69) is 18.1 Å². The lowest BCUT2D eigenvalue weighted by molar-refractivity contribution is 1.19. The van der Waals surface area contributed by atoms with E-state index in [0.717, 1.165) is 16.8 Å². The van der Waals surface area contributed by atoms with Crippen LogP contribution >= 0.6 is 0 Å². The molecule has 0 atom stereocenters. The van der Waals surface area contributed by atoms with Gasteiger partial charge in [-0.3, -0.25) is 4.98 Å². The molecule has 1 heterocycles. The average molecular weight is 145 g/mol. The molecule has 0 aromatic carbocycles. The van der Waals surface area contributed by atoms with Crippen LogP contribution in [0.3, 0.4) is 0 Å². The van der Waals surface area contributed by atoms with E-state index in [0.29, 0.717) is 0 Å². The maximum atomic E-state index is 4.14. The van der Waals surface area contributed by atoms with E-state index in [1.807, 2.05) is 19.1 Å². The summed E-state index contributed by atoms with van der Waals surface area (Å²) in [6.45, 7) is 9.34. The van der Waals surface area contributed by atoms with Gasteiger partial charge in [-0.05, 0) is 24.1 Å². The molecule has 0 unspecified atom stereocenters. The van der Waals surface area contributed by atoms with Crippen LogP contribution < -0.4 is 0 Å². The molecule has 0 amide bonds. The summed E-state index contributed by atoms with van der Waals surface area (Å²) in [6, 6.07) is 1.99. The SMILES string of the molecule is C=Cc1cnc(C)cc1C=C. The van der Waals surface area contributed by atoms with Crippen LogP contribution in [0.2, 0.25) is 0 Å². The van der Waals surface area contributed by atoms with Gasteiger partial charge < -0.3 is 0 Å². The van der Waals surface area contributed by atoms with Gasteiger partial charge in [-0.1, -0.05) is 25.3 Å². The van der Waals surface area contributed by atoms with Gasteiger partial charge in [0.25, 0.3) is 0 Å². The van der Waals surface area contributed by atoms with E-state index in [1.54, 1.807) is 12.3 Å². The minimum Gasteiger partial charge on any atom is -0.261 e. The van der Waals surface area contributed by atoms with Crippen LogP contribution in [0.4, 0.5) is 0 Å². The third kappa shape index (κ3) is 1.55. The largest absolute Gasteiger partial charge is 0.261 e. The zero-order chi connectivity index (χ0) is 8.27. The fourth-order valence-electron chi connectivity index (χ4n) is 0.939. The van der Waals surface area contributed by atoms with Crippen LogP contribution in [0.15, 0.2) is 25.4 Å². The van der Waals surface area contributed by atoms with Crippen molar-refractivity contribution in [1.29, 1.82) is 0 Å². The van der Waals surface area contributed by atoms with Gasteiger partial charge >= 0.3 is 0 Å². The van der Waals surface area contributed by atoms with Gasteiger partial charge in [-0.2, -0.15) is 0 Å². The molecule has 0 radical (unpaired) electrons. The number of pyridine rings is 1. The Morgan fingerprint density at radius 3 is 2.45 bits per heavy atom. The minimum absolute atomic E-state index is 1.01. The summed E-state index contributed by atoms with van der Waals surface area (Å²) in [4.78, 5) is 4.14. The van der Waals surface area contributed by atoms with Crippen molar-refractivity contribution < 1.29 is 0 Å². The lowest BCUT2D eigenvalue weighted by atomic mass is 10.1. The second kappa shape index (κ2) is 3.15. The summed E-state index contributed by atoms with van der Waals surface area (Å²) >= 11 is 0. The van der Waals surface area contributed by atoms with Crippen LogP contribution in [-0.4, -0.2) is 4.98 Å². The molecule has 1 aromatic rings. The Hall–Kier alpha value is -1.37. The first-order valence-electron chi connectivity index (χ1n) is 3.49. The van der Waals surface area contributed by atoms with Crippen LogP contribution in [0.1, 0.15) is 16.8 Å². The van der Waals surface area contributed by atoms with Gasteiger partial charge in [0.15, 0.2) is 0 Å². The summed E-state index contributed by atoms with van der Waals surface area (Å²) in [5.41, 5.74) is 3.13. The molecule has 56 valence electrons. The first kappa shape index (κ1) is 7.73. The monoisotopic (exact) mass is 145 g/mol. The number of hydrogen-bond donors (Lipinski definition) is 0. The summed E-state index contributed by atoms with van der Waals surface area (Å²) in [5.74, 6) is 0. The second-order valence-electron chi connectivity index (χ2n) is 2.36. The molecule has 0 bridgehead atoms. The Balaban J connectivity index is 3.26. The van der Waals surface area contributed by atoms with Gasteiger partial charge in [0.1, 0.15) is 0 Å². The molecule has 1 rings (SSSR count). The Kier molecular flexibility index (Phi) is 2.21. The molecule has 0 spiro atoms. The lowest BCUT2D eigenvalue weighted by Gasteiger charge is -1.99. The summed E-state index contributed by atoms with van der Waals surface area (Å²) in [6.07, 6.45) is 5.40. The Morgan fingerprint density at radius 2 is 1.91 bits per heavy atom. The highest BCUT2D eigenvalue weighted by Gasteiger charge is 1.94. The molecule has 11 heavy (non-hydrogen) atoms. The minimum atomic E-state index is 1.01. The van der Waals surface area contributed by atoms with Crippen molar-refractivity contribution in [2.45, 2.75) is 6.92 Å². The average Bonchev–Trinajstić information content (AvgIpc) is 2.04. The molecular formula is C10H11N. The normalized spacial score (nSPS) is 9.18. The van der Waals surface area contributed by atoms with E-state index >= 15 is 0 Å². The number of rotatable bonds is 2. The van der Waals surface area contributed by atoms with Crippen LogP contribution in [-0.2, 0) is 0 Å². The topological polar surface area (TPSA) is 12.9 Å². The molecule has 0 saturated heterocycles. The van der Waals surface area contributed by atoms with Crippen molar-refractivity contribution in [2.24, 2.45) is 0 Å². The highest BCUT2D eigenvalue weighted by atomic mass is 14.7. The predicted molar refractivity (Wildman–Crippen MR) is 49.2 cm³/mol. The zero-order valence-electron chi connectivity index (χ0n) is 6.67. The van der Waals surface area contributed by atoms with E-state index in [-0.39, 0.29) is 0 Å². The highest BCUT2D eigenvalue weighted by molar-refractivity contribution is 5.62. The Labute approximate surface area is 67.1 Å². The van der Waals surface area contributed by atoms with Gasteiger partial charge in [0.05, 0.1) is 0 Å². The molecule has 0 saturated carbocycles. The highest BCUT2D eigenvalue weighted by Crippen LogP contribution is 2.11. The summed E-state index contributed by atoms with van der Waals surface area (Å²) in [7, 11) is 0. The molecular weight excluding hydrogens is 134 g/mol. The summed E-state index contributed by atoms with van der Waals surface area (Å²) < 4.78 is 0. The molecule has 0 aliphatic carbocycles. The van der Waals surface area contributed by atoms with E-state index < -0.39 is 0 Å². The van der Waals surface area contributed by atoms with Gasteiger partial charge in [0, 0.05) is 11.9 Å². The maximum Gasteiger partial charge on any atom is 0.0379 e. The smallest absolute Gasteiger partial charge is 0.0379 e. The number of hydrogen-bond acceptors (Lipinski definition) is 1. The summed E-state index contributed by atoms with van der Waals surface area (Å²) in [5, 5.41) is 0. The van der Waals surface area contributed by atoms with E-state index in [9.17, 15) is 0 Å². The maximum absolute atomic E-state index is 4.14. The quantitative estimate of drug-likeness (QED) is 0.623.